The maximum atomic E-state index is 13.9. The number of hydrogen-bond acceptors (Lipinski definition) is 3. The van der Waals surface area contributed by atoms with Gasteiger partial charge in [-0.3, -0.25) is 4.79 Å². The molecule has 6 heteroatoms. The van der Waals surface area contributed by atoms with Gasteiger partial charge in [0.25, 0.3) is 0 Å². The van der Waals surface area contributed by atoms with Gasteiger partial charge in [-0.1, -0.05) is 37.3 Å². The quantitative estimate of drug-likeness (QED) is 0.845. The molecule has 0 saturated carbocycles. The van der Waals surface area contributed by atoms with Crippen LogP contribution in [-0.2, 0) is 9.53 Å². The van der Waals surface area contributed by atoms with E-state index in [0.29, 0.717) is 12.5 Å². The first-order valence-corrected chi connectivity index (χ1v) is 7.41. The second-order valence-electron chi connectivity index (χ2n) is 5.16. The molecule has 0 radical (unpaired) electrons. The van der Waals surface area contributed by atoms with E-state index in [1.807, 2.05) is 13.0 Å². The Bertz CT molecular complexity index is 747. The number of rotatable bonds is 5. The lowest BCUT2D eigenvalue weighted by Crippen LogP contribution is -2.22. The number of ether oxygens (including phenoxy) is 1. The van der Waals surface area contributed by atoms with Gasteiger partial charge in [-0.05, 0) is 18.1 Å². The molecular formula is C18H17F2NO3. The summed E-state index contributed by atoms with van der Waals surface area (Å²) in [6, 6.07) is 10.5. The fraction of sp³-hybridized carbons (Fsp3) is 0.222. The SMILES string of the molecule is CCC(C(=O)Nc1cc(C(=O)OC)c(F)cc1F)c1ccccc1. The Balaban J connectivity index is 2.29. The van der Waals surface area contributed by atoms with E-state index in [-0.39, 0.29) is 5.69 Å². The first kappa shape index (κ1) is 17.6. The van der Waals surface area contributed by atoms with Crippen molar-refractivity contribution < 1.29 is 23.1 Å². The molecule has 2 aromatic carbocycles. The van der Waals surface area contributed by atoms with E-state index < -0.39 is 35.0 Å². The van der Waals surface area contributed by atoms with E-state index >= 15 is 0 Å². The number of benzene rings is 2. The average molecular weight is 333 g/mol. The maximum absolute atomic E-state index is 13.9. The lowest BCUT2D eigenvalue weighted by Gasteiger charge is -2.16. The van der Waals surface area contributed by atoms with E-state index in [4.69, 9.17) is 0 Å². The van der Waals surface area contributed by atoms with Crippen LogP contribution in [0.25, 0.3) is 0 Å². The van der Waals surface area contributed by atoms with Crippen LogP contribution in [0.4, 0.5) is 14.5 Å². The number of nitrogens with one attached hydrogen (secondary N) is 1. The van der Waals surface area contributed by atoms with Gasteiger partial charge in [0, 0.05) is 6.07 Å². The van der Waals surface area contributed by atoms with Crippen molar-refractivity contribution in [3.63, 3.8) is 0 Å². The summed E-state index contributed by atoms with van der Waals surface area (Å²) in [6.45, 7) is 1.83. The molecule has 126 valence electrons. The third-order valence-corrected chi connectivity index (χ3v) is 3.65. The Morgan fingerprint density at radius 1 is 1.12 bits per heavy atom. The summed E-state index contributed by atoms with van der Waals surface area (Å²) >= 11 is 0. The summed E-state index contributed by atoms with van der Waals surface area (Å²) in [6.07, 6.45) is 0.502. The number of anilines is 1. The molecule has 0 aliphatic carbocycles. The number of carbonyl (C=O) groups excluding carboxylic acids is 2. The summed E-state index contributed by atoms with van der Waals surface area (Å²) in [5.74, 6) is -3.88. The van der Waals surface area contributed by atoms with Gasteiger partial charge in [-0.2, -0.15) is 0 Å². The summed E-state index contributed by atoms with van der Waals surface area (Å²) in [7, 11) is 1.09. The molecule has 0 heterocycles. The van der Waals surface area contributed by atoms with Crippen molar-refractivity contribution in [2.75, 3.05) is 12.4 Å². The fourth-order valence-electron chi connectivity index (χ4n) is 2.39. The van der Waals surface area contributed by atoms with Crippen molar-refractivity contribution in [2.24, 2.45) is 0 Å². The Morgan fingerprint density at radius 3 is 2.38 bits per heavy atom. The van der Waals surface area contributed by atoms with Crippen molar-refractivity contribution in [2.45, 2.75) is 19.3 Å². The summed E-state index contributed by atoms with van der Waals surface area (Å²) in [5.41, 5.74) is 0.0753. The number of amides is 1. The highest BCUT2D eigenvalue weighted by molar-refractivity contribution is 5.97. The first-order valence-electron chi connectivity index (χ1n) is 7.41. The van der Waals surface area contributed by atoms with Gasteiger partial charge >= 0.3 is 5.97 Å². The zero-order valence-corrected chi connectivity index (χ0v) is 13.3. The zero-order valence-electron chi connectivity index (χ0n) is 13.3. The van der Waals surface area contributed by atoms with Crippen LogP contribution in [0.5, 0.6) is 0 Å². The third-order valence-electron chi connectivity index (χ3n) is 3.65. The summed E-state index contributed by atoms with van der Waals surface area (Å²) in [5, 5.41) is 2.42. The van der Waals surface area contributed by atoms with E-state index in [9.17, 15) is 18.4 Å². The maximum Gasteiger partial charge on any atom is 0.340 e. The molecule has 0 aliphatic rings. The minimum Gasteiger partial charge on any atom is -0.465 e. The predicted octanol–water partition coefficient (Wildman–Crippen LogP) is 3.88. The van der Waals surface area contributed by atoms with Crippen molar-refractivity contribution in [1.82, 2.24) is 0 Å². The molecule has 2 aromatic rings. The van der Waals surface area contributed by atoms with E-state index in [1.54, 1.807) is 24.3 Å². The Hall–Kier alpha value is -2.76. The molecule has 1 amide bonds. The van der Waals surface area contributed by atoms with Crippen LogP contribution < -0.4 is 5.32 Å². The lowest BCUT2D eigenvalue weighted by molar-refractivity contribution is -0.117. The summed E-state index contributed by atoms with van der Waals surface area (Å²) < 4.78 is 32.0. The molecule has 0 fully saturated rings. The number of hydrogen-bond donors (Lipinski definition) is 1. The Labute approximate surface area is 138 Å². The largest absolute Gasteiger partial charge is 0.465 e. The molecule has 0 aromatic heterocycles. The summed E-state index contributed by atoms with van der Waals surface area (Å²) in [4.78, 5) is 23.9. The van der Waals surface area contributed by atoms with Gasteiger partial charge < -0.3 is 10.1 Å². The van der Waals surface area contributed by atoms with E-state index in [1.165, 1.54) is 0 Å². The Kier molecular flexibility index (Phi) is 5.63. The number of methoxy groups -OCH3 is 1. The number of esters is 1. The van der Waals surface area contributed by atoms with Crippen LogP contribution in [0.3, 0.4) is 0 Å². The van der Waals surface area contributed by atoms with E-state index in [0.717, 1.165) is 18.7 Å². The second kappa shape index (κ2) is 7.68. The highest BCUT2D eigenvalue weighted by atomic mass is 19.1. The van der Waals surface area contributed by atoms with Crippen molar-refractivity contribution in [3.8, 4) is 0 Å². The van der Waals surface area contributed by atoms with Crippen LogP contribution in [0.15, 0.2) is 42.5 Å². The number of carbonyl (C=O) groups is 2. The van der Waals surface area contributed by atoms with Gasteiger partial charge in [-0.25, -0.2) is 13.6 Å². The minimum atomic E-state index is -1.05. The molecule has 0 bridgehead atoms. The second-order valence-corrected chi connectivity index (χ2v) is 5.16. The topological polar surface area (TPSA) is 55.4 Å². The minimum absolute atomic E-state index is 0.267. The number of halogens is 2. The van der Waals surface area contributed by atoms with Gasteiger partial charge in [-0.15, -0.1) is 0 Å². The van der Waals surface area contributed by atoms with Gasteiger partial charge in [0.1, 0.15) is 11.6 Å². The molecule has 0 aliphatic heterocycles. The third kappa shape index (κ3) is 3.76. The monoisotopic (exact) mass is 333 g/mol. The van der Waals surface area contributed by atoms with Crippen molar-refractivity contribution >= 4 is 17.6 Å². The molecule has 1 N–H and O–H groups in total. The molecule has 4 nitrogen and oxygen atoms in total. The van der Waals surface area contributed by atoms with Crippen LogP contribution in [0, 0.1) is 11.6 Å². The van der Waals surface area contributed by atoms with Gasteiger partial charge in [0.05, 0.1) is 24.3 Å². The van der Waals surface area contributed by atoms with Gasteiger partial charge in [0.15, 0.2) is 0 Å². The molecule has 0 spiro atoms. The van der Waals surface area contributed by atoms with Crippen LogP contribution in [0.1, 0.15) is 35.2 Å². The van der Waals surface area contributed by atoms with Crippen LogP contribution in [0.2, 0.25) is 0 Å². The standard InChI is InChI=1S/C18H17F2NO3/c1-3-12(11-7-5-4-6-8-11)17(22)21-16-9-13(18(23)24-2)14(19)10-15(16)20/h4-10,12H,3H2,1-2H3,(H,21,22). The normalized spacial score (nSPS) is 11.7. The lowest BCUT2D eigenvalue weighted by atomic mass is 9.95. The van der Waals surface area contributed by atoms with Gasteiger partial charge in [0.2, 0.25) is 5.91 Å². The average Bonchev–Trinajstić information content (AvgIpc) is 2.58. The first-order chi connectivity index (χ1) is 11.5. The van der Waals surface area contributed by atoms with Crippen molar-refractivity contribution in [1.29, 1.82) is 0 Å². The van der Waals surface area contributed by atoms with Crippen LogP contribution >= 0.6 is 0 Å². The fourth-order valence-corrected chi connectivity index (χ4v) is 2.39. The molecular weight excluding hydrogens is 316 g/mol. The van der Waals surface area contributed by atoms with Crippen molar-refractivity contribution in [3.05, 3.63) is 65.2 Å². The molecule has 1 atom stereocenters. The highest BCUT2D eigenvalue weighted by Gasteiger charge is 2.22. The highest BCUT2D eigenvalue weighted by Crippen LogP contribution is 2.24. The smallest absolute Gasteiger partial charge is 0.340 e. The molecule has 2 rings (SSSR count). The van der Waals surface area contributed by atoms with E-state index in [2.05, 4.69) is 10.1 Å². The molecule has 1 unspecified atom stereocenters. The Morgan fingerprint density at radius 2 is 1.79 bits per heavy atom. The van der Waals surface area contributed by atoms with Crippen LogP contribution in [-0.4, -0.2) is 19.0 Å². The molecule has 0 saturated heterocycles. The zero-order chi connectivity index (χ0) is 17.7. The predicted molar refractivity (Wildman–Crippen MR) is 85.8 cm³/mol. The molecule has 24 heavy (non-hydrogen) atoms.